The molecule has 0 atom stereocenters. The van der Waals surface area contributed by atoms with Gasteiger partial charge in [-0.3, -0.25) is 0 Å². The molecular weight excluding hydrogens is 337 g/mol. The summed E-state index contributed by atoms with van der Waals surface area (Å²) >= 11 is 1.43. The highest BCUT2D eigenvalue weighted by molar-refractivity contribution is 7.12. The number of halogens is 5. The fourth-order valence-corrected chi connectivity index (χ4v) is 2.11. The summed E-state index contributed by atoms with van der Waals surface area (Å²) in [5.41, 5.74) is -0.485. The first-order valence-corrected chi connectivity index (χ1v) is 6.74. The number of rotatable bonds is 1. The lowest BCUT2D eigenvalue weighted by Gasteiger charge is -2.08. The van der Waals surface area contributed by atoms with E-state index in [4.69, 9.17) is 5.26 Å². The van der Waals surface area contributed by atoms with Gasteiger partial charge in [0, 0.05) is 0 Å². The van der Waals surface area contributed by atoms with Crippen molar-refractivity contribution in [1.29, 1.82) is 5.26 Å². The largest absolute Gasteiger partial charge is 0.360 e. The van der Waals surface area contributed by atoms with Crippen LogP contribution in [0.25, 0.3) is 10.2 Å². The highest BCUT2D eigenvalue weighted by atomic mass is 32.1. The molecule has 9 heteroatoms. The standard InChI is InChI=1S/C8H2F5N.C6H4N2S/c9-5-2-1-4(6(10)7(5)11)8(12,13)3-14;1-2-4-6-5(3-1)7-8-9-6/h1-2H;1-4H. The van der Waals surface area contributed by atoms with Crippen LogP contribution in [0.1, 0.15) is 5.56 Å². The lowest BCUT2D eigenvalue weighted by Crippen LogP contribution is -2.14. The Morgan fingerprint density at radius 2 is 1.70 bits per heavy atom. The minimum absolute atomic E-state index is 0.330. The van der Waals surface area contributed by atoms with Gasteiger partial charge in [0.15, 0.2) is 17.5 Å². The van der Waals surface area contributed by atoms with Crippen molar-refractivity contribution in [3.05, 3.63) is 59.4 Å². The van der Waals surface area contributed by atoms with Gasteiger partial charge < -0.3 is 0 Å². The monoisotopic (exact) mass is 343 g/mol. The van der Waals surface area contributed by atoms with E-state index < -0.39 is 28.9 Å². The molecule has 0 unspecified atom stereocenters. The summed E-state index contributed by atoms with van der Waals surface area (Å²) in [6.07, 6.45) is 0. The van der Waals surface area contributed by atoms with Crippen molar-refractivity contribution in [2.75, 3.05) is 0 Å². The molecule has 2 aromatic carbocycles. The Hall–Kier alpha value is -2.60. The molecule has 0 fully saturated rings. The molecule has 0 N–H and O–H groups in total. The van der Waals surface area contributed by atoms with E-state index in [1.165, 1.54) is 11.5 Å². The lowest BCUT2D eigenvalue weighted by atomic mass is 10.1. The molecule has 3 nitrogen and oxygen atoms in total. The number of nitriles is 1. The second-order valence-corrected chi connectivity index (χ2v) is 4.94. The van der Waals surface area contributed by atoms with Crippen LogP contribution >= 0.6 is 11.5 Å². The fourth-order valence-electron chi connectivity index (χ4n) is 1.55. The van der Waals surface area contributed by atoms with Crippen molar-refractivity contribution in [2.45, 2.75) is 5.92 Å². The zero-order valence-corrected chi connectivity index (χ0v) is 11.9. The zero-order valence-electron chi connectivity index (χ0n) is 11.1. The molecule has 0 saturated carbocycles. The quantitative estimate of drug-likeness (QED) is 0.486. The minimum Gasteiger partial charge on any atom is -0.204 e. The number of alkyl halides is 2. The molecule has 1 heterocycles. The van der Waals surface area contributed by atoms with Crippen LogP contribution in [-0.4, -0.2) is 9.59 Å². The summed E-state index contributed by atoms with van der Waals surface area (Å²) in [6, 6.07) is 9.07. The third-order valence-corrected chi connectivity index (χ3v) is 3.37. The van der Waals surface area contributed by atoms with Crippen LogP contribution in [0.3, 0.4) is 0 Å². The maximum atomic E-state index is 12.7. The number of fused-ring (bicyclic) bond motifs is 1. The molecule has 23 heavy (non-hydrogen) atoms. The molecule has 1 aromatic heterocycles. The summed E-state index contributed by atoms with van der Waals surface area (Å²) in [5, 5.41) is 11.8. The first-order chi connectivity index (χ1) is 10.9. The molecule has 0 spiro atoms. The molecular formula is C14H6F5N3S. The van der Waals surface area contributed by atoms with Gasteiger partial charge in [-0.05, 0) is 35.8 Å². The van der Waals surface area contributed by atoms with Crippen LogP contribution in [0.2, 0.25) is 0 Å². The van der Waals surface area contributed by atoms with Gasteiger partial charge in [0.05, 0.1) is 10.3 Å². The maximum absolute atomic E-state index is 12.7. The number of nitrogens with zero attached hydrogens (tertiary/aromatic N) is 3. The van der Waals surface area contributed by atoms with Crippen molar-refractivity contribution in [2.24, 2.45) is 0 Å². The molecule has 0 amide bonds. The predicted molar refractivity (Wildman–Crippen MR) is 73.2 cm³/mol. The molecule has 0 aliphatic carbocycles. The van der Waals surface area contributed by atoms with Crippen LogP contribution in [0.4, 0.5) is 22.0 Å². The Morgan fingerprint density at radius 1 is 1.00 bits per heavy atom. The molecule has 3 rings (SSSR count). The second-order valence-electron chi connectivity index (χ2n) is 4.15. The molecule has 0 bridgehead atoms. The highest BCUT2D eigenvalue weighted by Gasteiger charge is 2.36. The number of hydrogen-bond acceptors (Lipinski definition) is 4. The number of aromatic nitrogens is 2. The summed E-state index contributed by atoms with van der Waals surface area (Å²) < 4.78 is 67.6. The Morgan fingerprint density at radius 3 is 2.35 bits per heavy atom. The molecule has 3 aromatic rings. The molecule has 0 saturated heterocycles. The van der Waals surface area contributed by atoms with Crippen molar-refractivity contribution in [3.8, 4) is 6.07 Å². The van der Waals surface area contributed by atoms with Crippen molar-refractivity contribution in [1.82, 2.24) is 9.59 Å². The van der Waals surface area contributed by atoms with Gasteiger partial charge in [-0.1, -0.05) is 16.6 Å². The SMILES string of the molecule is N#CC(F)(F)c1ccc(F)c(F)c1F.c1ccc2snnc2c1. The average molecular weight is 343 g/mol. The predicted octanol–water partition coefficient (Wildman–Crippen LogP) is 4.41. The first kappa shape index (κ1) is 16.8. The van der Waals surface area contributed by atoms with Gasteiger partial charge in [0.1, 0.15) is 11.6 Å². The van der Waals surface area contributed by atoms with E-state index in [1.807, 2.05) is 24.3 Å². The van der Waals surface area contributed by atoms with Gasteiger partial charge in [-0.25, -0.2) is 13.2 Å². The van der Waals surface area contributed by atoms with Gasteiger partial charge in [-0.15, -0.1) is 5.10 Å². The van der Waals surface area contributed by atoms with E-state index in [2.05, 4.69) is 9.59 Å². The lowest BCUT2D eigenvalue weighted by molar-refractivity contribution is 0.0561. The Labute approximate surface area is 130 Å². The van der Waals surface area contributed by atoms with Crippen LogP contribution in [0.5, 0.6) is 0 Å². The smallest absolute Gasteiger partial charge is 0.204 e. The summed E-state index contributed by atoms with van der Waals surface area (Å²) in [4.78, 5) is 0. The number of benzene rings is 2. The molecule has 118 valence electrons. The van der Waals surface area contributed by atoms with Crippen molar-refractivity contribution in [3.63, 3.8) is 0 Å². The summed E-state index contributed by atoms with van der Waals surface area (Å²) in [7, 11) is 0. The third-order valence-electron chi connectivity index (χ3n) is 2.67. The topological polar surface area (TPSA) is 49.6 Å². The van der Waals surface area contributed by atoms with Crippen molar-refractivity contribution < 1.29 is 22.0 Å². The van der Waals surface area contributed by atoms with Crippen LogP contribution in [-0.2, 0) is 5.92 Å². The van der Waals surface area contributed by atoms with Gasteiger partial charge in [-0.2, -0.15) is 14.0 Å². The molecule has 0 aliphatic heterocycles. The zero-order chi connectivity index (χ0) is 17.0. The van der Waals surface area contributed by atoms with Crippen LogP contribution in [0, 0.1) is 28.8 Å². The maximum Gasteiger partial charge on any atom is 0.360 e. The summed E-state index contributed by atoms with van der Waals surface area (Å²) in [6.45, 7) is 0. The Bertz CT molecular complexity index is 842. The number of hydrogen-bond donors (Lipinski definition) is 0. The van der Waals surface area contributed by atoms with E-state index in [0.717, 1.165) is 10.2 Å². The van der Waals surface area contributed by atoms with E-state index in [1.54, 1.807) is 0 Å². The highest BCUT2D eigenvalue weighted by Crippen LogP contribution is 2.30. The fraction of sp³-hybridized carbons (Fsp3) is 0.0714. The summed E-state index contributed by atoms with van der Waals surface area (Å²) in [5.74, 6) is -9.81. The first-order valence-electron chi connectivity index (χ1n) is 5.97. The van der Waals surface area contributed by atoms with E-state index in [0.29, 0.717) is 18.2 Å². The molecule has 0 aliphatic rings. The minimum atomic E-state index is -4.17. The average Bonchev–Trinajstić information content (AvgIpc) is 3.01. The Kier molecular flexibility index (Phi) is 4.86. The van der Waals surface area contributed by atoms with Crippen LogP contribution in [0.15, 0.2) is 36.4 Å². The third kappa shape index (κ3) is 3.60. The van der Waals surface area contributed by atoms with Gasteiger partial charge in [0.25, 0.3) is 0 Å². The van der Waals surface area contributed by atoms with Gasteiger partial charge in [0.2, 0.25) is 0 Å². The molecule has 0 radical (unpaired) electrons. The van der Waals surface area contributed by atoms with E-state index >= 15 is 0 Å². The second kappa shape index (κ2) is 6.66. The van der Waals surface area contributed by atoms with Crippen molar-refractivity contribution >= 4 is 21.7 Å². The van der Waals surface area contributed by atoms with E-state index in [9.17, 15) is 22.0 Å². The normalized spacial score (nSPS) is 10.8. The van der Waals surface area contributed by atoms with Gasteiger partial charge >= 0.3 is 5.92 Å². The van der Waals surface area contributed by atoms with Crippen LogP contribution < -0.4 is 0 Å². The van der Waals surface area contributed by atoms with E-state index in [-0.39, 0.29) is 0 Å². The Balaban J connectivity index is 0.000000182.